The maximum Gasteiger partial charge on any atom is 0.328 e. The van der Waals surface area contributed by atoms with Crippen LogP contribution in [-0.4, -0.2) is 82.9 Å². The molecule has 0 radical (unpaired) electrons. The summed E-state index contributed by atoms with van der Waals surface area (Å²) in [7, 11) is 0. The molecule has 2 aliphatic rings. The molecule has 0 aromatic rings. The van der Waals surface area contributed by atoms with Crippen molar-refractivity contribution in [3.05, 3.63) is 0 Å². The molecule has 4 amide bonds. The Hall–Kier alpha value is -2.03. The van der Waals surface area contributed by atoms with Crippen LogP contribution in [0.15, 0.2) is 0 Å². The standard InChI is InChI=1S/C10H16N4O5/c15-5-7(8(16)17)12-10(19)13-1-2-14-6(4-13)3-11-9(14)18/h6-7,15H,1-5H2,(H,11,18)(H,12,19)(H,16,17). The van der Waals surface area contributed by atoms with Crippen molar-refractivity contribution >= 4 is 18.0 Å². The largest absolute Gasteiger partial charge is 0.480 e. The molecule has 2 aliphatic heterocycles. The summed E-state index contributed by atoms with van der Waals surface area (Å²) in [5, 5.41) is 22.5. The van der Waals surface area contributed by atoms with Gasteiger partial charge in [0.25, 0.3) is 0 Å². The number of piperazine rings is 1. The van der Waals surface area contributed by atoms with E-state index in [1.54, 1.807) is 4.90 Å². The first-order chi connectivity index (χ1) is 9.02. The zero-order valence-corrected chi connectivity index (χ0v) is 10.2. The molecule has 19 heavy (non-hydrogen) atoms. The molecule has 2 saturated heterocycles. The van der Waals surface area contributed by atoms with Crippen LogP contribution in [0.5, 0.6) is 0 Å². The summed E-state index contributed by atoms with van der Waals surface area (Å²) in [5.41, 5.74) is 0. The zero-order chi connectivity index (χ0) is 14.0. The van der Waals surface area contributed by atoms with Crippen LogP contribution in [0.1, 0.15) is 0 Å². The van der Waals surface area contributed by atoms with Gasteiger partial charge in [0.05, 0.1) is 12.6 Å². The van der Waals surface area contributed by atoms with Gasteiger partial charge >= 0.3 is 18.0 Å². The van der Waals surface area contributed by atoms with E-state index in [2.05, 4.69) is 10.6 Å². The predicted octanol–water partition coefficient (Wildman–Crippen LogP) is -2.15. The first-order valence-corrected chi connectivity index (χ1v) is 5.96. The van der Waals surface area contributed by atoms with Crippen LogP contribution in [0.4, 0.5) is 9.59 Å². The number of urea groups is 2. The summed E-state index contributed by atoms with van der Waals surface area (Å²) in [6.07, 6.45) is 0. The topological polar surface area (TPSA) is 122 Å². The van der Waals surface area contributed by atoms with Gasteiger partial charge in [0.15, 0.2) is 6.04 Å². The molecule has 0 aromatic heterocycles. The van der Waals surface area contributed by atoms with Crippen molar-refractivity contribution in [3.8, 4) is 0 Å². The average Bonchev–Trinajstić information content (AvgIpc) is 2.76. The fourth-order valence-electron chi connectivity index (χ4n) is 2.21. The molecule has 2 atom stereocenters. The molecule has 2 heterocycles. The van der Waals surface area contributed by atoms with E-state index in [1.807, 2.05) is 0 Å². The molecular weight excluding hydrogens is 256 g/mol. The second-order valence-corrected chi connectivity index (χ2v) is 4.50. The highest BCUT2D eigenvalue weighted by molar-refractivity contribution is 5.83. The second-order valence-electron chi connectivity index (χ2n) is 4.50. The highest BCUT2D eigenvalue weighted by Crippen LogP contribution is 2.14. The first-order valence-electron chi connectivity index (χ1n) is 5.96. The minimum absolute atomic E-state index is 0.0793. The van der Waals surface area contributed by atoms with E-state index in [4.69, 9.17) is 10.2 Å². The minimum atomic E-state index is -1.31. The van der Waals surface area contributed by atoms with Gasteiger partial charge in [-0.2, -0.15) is 0 Å². The summed E-state index contributed by atoms with van der Waals surface area (Å²) in [6, 6.07) is -2.07. The van der Waals surface area contributed by atoms with E-state index in [0.29, 0.717) is 26.2 Å². The lowest BCUT2D eigenvalue weighted by molar-refractivity contribution is -0.140. The Kier molecular flexibility index (Phi) is 3.74. The lowest BCUT2D eigenvalue weighted by Crippen LogP contribution is -2.58. The highest BCUT2D eigenvalue weighted by atomic mass is 16.4. The molecule has 0 saturated carbocycles. The minimum Gasteiger partial charge on any atom is -0.480 e. The average molecular weight is 272 g/mol. The van der Waals surface area contributed by atoms with Crippen LogP contribution in [0, 0.1) is 0 Å². The molecule has 0 bridgehead atoms. The number of carbonyl (C=O) groups excluding carboxylic acids is 2. The summed E-state index contributed by atoms with van der Waals surface area (Å²) in [4.78, 5) is 37.1. The number of aliphatic carboxylic acids is 1. The van der Waals surface area contributed by atoms with Crippen LogP contribution in [0.25, 0.3) is 0 Å². The highest BCUT2D eigenvalue weighted by Gasteiger charge is 2.37. The number of carboxylic acids is 1. The number of fused-ring (bicyclic) bond motifs is 1. The summed E-state index contributed by atoms with van der Waals surface area (Å²) < 4.78 is 0. The molecule has 0 aliphatic carbocycles. The Labute approximate surface area is 109 Å². The number of nitrogens with one attached hydrogen (secondary N) is 2. The number of carbonyl (C=O) groups is 3. The molecule has 0 spiro atoms. The van der Waals surface area contributed by atoms with Crippen LogP contribution in [-0.2, 0) is 4.79 Å². The Morgan fingerprint density at radius 3 is 2.84 bits per heavy atom. The number of aliphatic hydroxyl groups is 1. The van der Waals surface area contributed by atoms with Crippen LogP contribution in [0.2, 0.25) is 0 Å². The van der Waals surface area contributed by atoms with Gasteiger partial charge in [-0.05, 0) is 0 Å². The van der Waals surface area contributed by atoms with E-state index < -0.39 is 24.6 Å². The number of carboxylic acid groups (broad SMARTS) is 1. The lowest BCUT2D eigenvalue weighted by atomic mass is 10.2. The van der Waals surface area contributed by atoms with E-state index in [1.165, 1.54) is 4.90 Å². The number of nitrogens with zero attached hydrogens (tertiary/aromatic N) is 2. The van der Waals surface area contributed by atoms with E-state index in [-0.39, 0.29) is 12.1 Å². The Bertz CT molecular complexity index is 401. The number of rotatable bonds is 3. The maximum atomic E-state index is 11.9. The number of hydrogen-bond donors (Lipinski definition) is 4. The number of hydrogen-bond acceptors (Lipinski definition) is 4. The van der Waals surface area contributed by atoms with Crippen molar-refractivity contribution in [2.45, 2.75) is 12.1 Å². The molecule has 2 fully saturated rings. The van der Waals surface area contributed by atoms with E-state index >= 15 is 0 Å². The van der Waals surface area contributed by atoms with Gasteiger partial charge in [0, 0.05) is 26.2 Å². The van der Waals surface area contributed by atoms with Gasteiger partial charge in [0.2, 0.25) is 0 Å². The van der Waals surface area contributed by atoms with Gasteiger partial charge in [-0.15, -0.1) is 0 Å². The van der Waals surface area contributed by atoms with Crippen molar-refractivity contribution in [1.29, 1.82) is 0 Å². The summed E-state index contributed by atoms with van der Waals surface area (Å²) in [5.74, 6) is -1.29. The van der Waals surface area contributed by atoms with Gasteiger partial charge in [-0.3, -0.25) is 0 Å². The van der Waals surface area contributed by atoms with Gasteiger partial charge < -0.3 is 30.6 Å². The first kappa shape index (κ1) is 13.4. The van der Waals surface area contributed by atoms with Crippen molar-refractivity contribution < 1.29 is 24.6 Å². The number of amides is 4. The third-order valence-corrected chi connectivity index (χ3v) is 3.30. The monoisotopic (exact) mass is 272 g/mol. The van der Waals surface area contributed by atoms with Crippen molar-refractivity contribution in [1.82, 2.24) is 20.4 Å². The van der Waals surface area contributed by atoms with E-state index in [9.17, 15) is 14.4 Å². The zero-order valence-electron chi connectivity index (χ0n) is 10.2. The molecule has 2 unspecified atom stereocenters. The van der Waals surface area contributed by atoms with Gasteiger partial charge in [0.1, 0.15) is 0 Å². The normalized spacial score (nSPS) is 23.6. The van der Waals surface area contributed by atoms with Crippen molar-refractivity contribution in [2.75, 3.05) is 32.8 Å². The van der Waals surface area contributed by atoms with Crippen LogP contribution < -0.4 is 10.6 Å². The second kappa shape index (κ2) is 5.31. The Balaban J connectivity index is 1.91. The molecule has 106 valence electrons. The Morgan fingerprint density at radius 1 is 1.47 bits per heavy atom. The van der Waals surface area contributed by atoms with E-state index in [0.717, 1.165) is 0 Å². The fraction of sp³-hybridized carbons (Fsp3) is 0.700. The molecule has 2 rings (SSSR count). The third-order valence-electron chi connectivity index (χ3n) is 3.30. The molecule has 4 N–H and O–H groups in total. The third kappa shape index (κ3) is 2.70. The summed E-state index contributed by atoms with van der Waals surface area (Å²) >= 11 is 0. The van der Waals surface area contributed by atoms with Crippen LogP contribution in [0.3, 0.4) is 0 Å². The van der Waals surface area contributed by atoms with Gasteiger partial charge in [-0.25, -0.2) is 14.4 Å². The van der Waals surface area contributed by atoms with Crippen molar-refractivity contribution in [2.24, 2.45) is 0 Å². The molecule has 9 heteroatoms. The summed E-state index contributed by atoms with van der Waals surface area (Å²) in [6.45, 7) is 0.923. The molecule has 9 nitrogen and oxygen atoms in total. The maximum absolute atomic E-state index is 11.9. The lowest BCUT2D eigenvalue weighted by Gasteiger charge is -2.36. The smallest absolute Gasteiger partial charge is 0.328 e. The fourth-order valence-corrected chi connectivity index (χ4v) is 2.21. The van der Waals surface area contributed by atoms with Crippen LogP contribution >= 0.6 is 0 Å². The SMILES string of the molecule is O=C(O)C(CO)NC(=O)N1CCN2C(=O)NCC2C1. The van der Waals surface area contributed by atoms with Gasteiger partial charge in [-0.1, -0.05) is 0 Å². The molecular formula is C10H16N4O5. The number of aliphatic hydroxyl groups excluding tert-OH is 1. The molecule has 0 aromatic carbocycles. The Morgan fingerprint density at radius 2 is 2.21 bits per heavy atom. The predicted molar refractivity (Wildman–Crippen MR) is 62.5 cm³/mol. The quantitative estimate of drug-likeness (QED) is 0.466. The van der Waals surface area contributed by atoms with Crippen molar-refractivity contribution in [3.63, 3.8) is 0 Å².